The standard InChI is InChI=1S/C13H12F2N6O/c1-8-4-11(21-13(20-8)18-7-19-21)17-5-9-2-3-10(6-16-9)22-12(14)15/h2-4,6-7,12,17H,5H2,1H3. The van der Waals surface area contributed by atoms with Crippen LogP contribution in [0.4, 0.5) is 14.6 Å². The van der Waals surface area contributed by atoms with E-state index in [1.54, 1.807) is 10.6 Å². The summed E-state index contributed by atoms with van der Waals surface area (Å²) in [6.07, 6.45) is 2.67. The topological polar surface area (TPSA) is 77.2 Å². The fourth-order valence-corrected chi connectivity index (χ4v) is 1.93. The van der Waals surface area contributed by atoms with Crippen LogP contribution < -0.4 is 10.1 Å². The predicted octanol–water partition coefficient (Wildman–Crippen LogP) is 2.04. The van der Waals surface area contributed by atoms with Crippen LogP contribution in [0, 0.1) is 6.92 Å². The van der Waals surface area contributed by atoms with Crippen LogP contribution in [-0.2, 0) is 6.54 Å². The highest BCUT2D eigenvalue weighted by molar-refractivity contribution is 5.44. The van der Waals surface area contributed by atoms with Crippen molar-refractivity contribution in [3.63, 3.8) is 0 Å². The van der Waals surface area contributed by atoms with Crippen LogP contribution in [0.15, 0.2) is 30.7 Å². The molecule has 0 atom stereocenters. The maximum atomic E-state index is 12.1. The summed E-state index contributed by atoms with van der Waals surface area (Å²) in [5, 5.41) is 7.24. The third-order valence-corrected chi connectivity index (χ3v) is 2.85. The molecular formula is C13H12F2N6O. The number of pyridine rings is 1. The van der Waals surface area contributed by atoms with Crippen molar-refractivity contribution >= 4 is 11.6 Å². The number of nitrogens with zero attached hydrogens (tertiary/aromatic N) is 5. The van der Waals surface area contributed by atoms with Gasteiger partial charge in [-0.3, -0.25) is 4.98 Å². The van der Waals surface area contributed by atoms with Crippen molar-refractivity contribution in [2.45, 2.75) is 20.1 Å². The van der Waals surface area contributed by atoms with E-state index in [0.717, 1.165) is 11.5 Å². The van der Waals surface area contributed by atoms with Crippen LogP contribution in [0.5, 0.6) is 5.75 Å². The summed E-state index contributed by atoms with van der Waals surface area (Å²) in [5.74, 6) is 1.24. The van der Waals surface area contributed by atoms with Crippen molar-refractivity contribution in [3.05, 3.63) is 42.1 Å². The Labute approximate surface area is 124 Å². The van der Waals surface area contributed by atoms with Gasteiger partial charge in [-0.25, -0.2) is 4.98 Å². The molecular weight excluding hydrogens is 294 g/mol. The Morgan fingerprint density at radius 3 is 2.91 bits per heavy atom. The molecule has 0 unspecified atom stereocenters. The molecule has 0 saturated heterocycles. The Morgan fingerprint density at radius 1 is 1.32 bits per heavy atom. The second-order valence-corrected chi connectivity index (χ2v) is 4.47. The molecule has 114 valence electrons. The number of rotatable bonds is 5. The summed E-state index contributed by atoms with van der Waals surface area (Å²) in [4.78, 5) is 12.3. The van der Waals surface area contributed by atoms with E-state index < -0.39 is 6.61 Å². The average molecular weight is 306 g/mol. The number of hydrogen-bond donors (Lipinski definition) is 1. The van der Waals surface area contributed by atoms with E-state index >= 15 is 0 Å². The summed E-state index contributed by atoms with van der Waals surface area (Å²) in [7, 11) is 0. The van der Waals surface area contributed by atoms with Crippen molar-refractivity contribution in [1.82, 2.24) is 24.6 Å². The first-order chi connectivity index (χ1) is 10.6. The van der Waals surface area contributed by atoms with E-state index in [9.17, 15) is 8.78 Å². The molecule has 0 fully saturated rings. The van der Waals surface area contributed by atoms with Gasteiger partial charge in [-0.05, 0) is 19.1 Å². The maximum absolute atomic E-state index is 12.1. The van der Waals surface area contributed by atoms with Gasteiger partial charge in [0.05, 0.1) is 18.4 Å². The van der Waals surface area contributed by atoms with Gasteiger partial charge in [-0.15, -0.1) is 0 Å². The normalized spacial score (nSPS) is 11.1. The minimum atomic E-state index is -2.86. The van der Waals surface area contributed by atoms with Crippen molar-refractivity contribution in [1.29, 1.82) is 0 Å². The third kappa shape index (κ3) is 3.08. The fourth-order valence-electron chi connectivity index (χ4n) is 1.93. The number of alkyl halides is 2. The molecule has 9 heteroatoms. The lowest BCUT2D eigenvalue weighted by atomic mass is 10.3. The minimum absolute atomic E-state index is 0.0252. The lowest BCUT2D eigenvalue weighted by Crippen LogP contribution is -2.08. The first kappa shape index (κ1) is 14.1. The quantitative estimate of drug-likeness (QED) is 0.777. The first-order valence-electron chi connectivity index (χ1n) is 6.43. The molecule has 3 aromatic rings. The molecule has 3 aromatic heterocycles. The van der Waals surface area contributed by atoms with E-state index in [0.29, 0.717) is 18.0 Å². The second kappa shape index (κ2) is 5.88. The molecule has 0 saturated carbocycles. The molecule has 3 heterocycles. The lowest BCUT2D eigenvalue weighted by molar-refractivity contribution is -0.0500. The van der Waals surface area contributed by atoms with Crippen molar-refractivity contribution in [2.24, 2.45) is 0 Å². The molecule has 3 rings (SSSR count). The summed E-state index contributed by atoms with van der Waals surface area (Å²) >= 11 is 0. The molecule has 1 N–H and O–H groups in total. The van der Waals surface area contributed by atoms with E-state index in [1.165, 1.54) is 18.6 Å². The Kier molecular flexibility index (Phi) is 3.77. The van der Waals surface area contributed by atoms with Crippen molar-refractivity contribution in [2.75, 3.05) is 5.32 Å². The van der Waals surface area contributed by atoms with Gasteiger partial charge >= 0.3 is 6.61 Å². The number of aromatic nitrogens is 5. The van der Waals surface area contributed by atoms with Crippen LogP contribution >= 0.6 is 0 Å². The van der Waals surface area contributed by atoms with Gasteiger partial charge < -0.3 is 10.1 Å². The number of nitrogens with one attached hydrogen (secondary N) is 1. The molecule has 0 aliphatic carbocycles. The van der Waals surface area contributed by atoms with E-state index in [-0.39, 0.29) is 5.75 Å². The average Bonchev–Trinajstić information content (AvgIpc) is 2.93. The molecule has 0 aromatic carbocycles. The molecule has 7 nitrogen and oxygen atoms in total. The zero-order valence-electron chi connectivity index (χ0n) is 11.6. The smallest absolute Gasteiger partial charge is 0.387 e. The molecule has 0 spiro atoms. The zero-order chi connectivity index (χ0) is 15.5. The van der Waals surface area contributed by atoms with Gasteiger partial charge in [0.1, 0.15) is 17.9 Å². The van der Waals surface area contributed by atoms with Crippen LogP contribution in [-0.4, -0.2) is 31.2 Å². The Balaban J connectivity index is 1.72. The molecule has 0 aliphatic heterocycles. The van der Waals surface area contributed by atoms with Crippen LogP contribution in [0.2, 0.25) is 0 Å². The zero-order valence-corrected chi connectivity index (χ0v) is 11.6. The monoisotopic (exact) mass is 306 g/mol. The maximum Gasteiger partial charge on any atom is 0.387 e. The van der Waals surface area contributed by atoms with Crippen molar-refractivity contribution < 1.29 is 13.5 Å². The SMILES string of the molecule is Cc1cc(NCc2ccc(OC(F)F)cn2)n2ncnc2n1. The van der Waals surface area contributed by atoms with Gasteiger partial charge in [0.15, 0.2) is 0 Å². The first-order valence-corrected chi connectivity index (χ1v) is 6.43. The molecule has 0 aliphatic rings. The van der Waals surface area contributed by atoms with Gasteiger partial charge in [-0.2, -0.15) is 23.4 Å². The largest absolute Gasteiger partial charge is 0.433 e. The molecule has 0 bridgehead atoms. The number of hydrogen-bond acceptors (Lipinski definition) is 6. The summed E-state index contributed by atoms with van der Waals surface area (Å²) in [6.45, 7) is -0.603. The van der Waals surface area contributed by atoms with E-state index in [2.05, 4.69) is 30.1 Å². The summed E-state index contributed by atoms with van der Waals surface area (Å²) < 4.78 is 29.9. The third-order valence-electron chi connectivity index (χ3n) is 2.85. The number of fused-ring (bicyclic) bond motifs is 1. The van der Waals surface area contributed by atoms with Crippen LogP contribution in [0.25, 0.3) is 5.78 Å². The van der Waals surface area contributed by atoms with Crippen LogP contribution in [0.1, 0.15) is 11.4 Å². The minimum Gasteiger partial charge on any atom is -0.433 e. The Morgan fingerprint density at radius 2 is 2.18 bits per heavy atom. The number of anilines is 1. The Hall–Kier alpha value is -2.84. The van der Waals surface area contributed by atoms with Gasteiger partial charge in [0, 0.05) is 11.8 Å². The highest BCUT2D eigenvalue weighted by Gasteiger charge is 2.07. The Bertz CT molecular complexity index is 774. The molecule has 0 radical (unpaired) electrons. The second-order valence-electron chi connectivity index (χ2n) is 4.47. The lowest BCUT2D eigenvalue weighted by Gasteiger charge is -2.09. The number of aryl methyl sites for hydroxylation is 1. The number of ether oxygens (including phenoxy) is 1. The van der Waals surface area contributed by atoms with Crippen molar-refractivity contribution in [3.8, 4) is 5.75 Å². The fraction of sp³-hybridized carbons (Fsp3) is 0.231. The van der Waals surface area contributed by atoms with E-state index in [1.807, 2.05) is 13.0 Å². The molecule has 0 amide bonds. The van der Waals surface area contributed by atoms with Crippen LogP contribution in [0.3, 0.4) is 0 Å². The van der Waals surface area contributed by atoms with Gasteiger partial charge in [-0.1, -0.05) is 0 Å². The predicted molar refractivity (Wildman–Crippen MR) is 73.7 cm³/mol. The molecule has 22 heavy (non-hydrogen) atoms. The summed E-state index contributed by atoms with van der Waals surface area (Å²) in [6, 6.07) is 4.88. The van der Waals surface area contributed by atoms with Gasteiger partial charge in [0.25, 0.3) is 5.78 Å². The highest BCUT2D eigenvalue weighted by atomic mass is 19.3. The van der Waals surface area contributed by atoms with E-state index in [4.69, 9.17) is 0 Å². The number of halogens is 2. The van der Waals surface area contributed by atoms with Gasteiger partial charge in [0.2, 0.25) is 0 Å². The highest BCUT2D eigenvalue weighted by Crippen LogP contribution is 2.14. The summed E-state index contributed by atoms with van der Waals surface area (Å²) in [5.41, 5.74) is 1.47.